The molecule has 1 heterocycles. The second kappa shape index (κ2) is 6.82. The fraction of sp³-hybridized carbons (Fsp3) is 0.0909. The molecular formula is C11H7Cl2NOS3. The zero-order valence-electron chi connectivity index (χ0n) is 8.93. The molecule has 18 heavy (non-hydrogen) atoms. The second-order valence-corrected chi connectivity index (χ2v) is 7.56. The van der Waals surface area contributed by atoms with Gasteiger partial charge in [0, 0.05) is 5.75 Å². The first-order valence-electron chi connectivity index (χ1n) is 4.85. The lowest BCUT2D eigenvalue weighted by Crippen LogP contribution is -1.84. The van der Waals surface area contributed by atoms with E-state index in [9.17, 15) is 4.79 Å². The average Bonchev–Trinajstić information content (AvgIpc) is 2.67. The van der Waals surface area contributed by atoms with Gasteiger partial charge in [-0.15, -0.1) is 0 Å². The highest BCUT2D eigenvalue weighted by molar-refractivity contribution is 8.38. The van der Waals surface area contributed by atoms with E-state index in [-0.39, 0.29) is 9.60 Å². The summed E-state index contributed by atoms with van der Waals surface area (Å²) in [4.78, 5) is 15.7. The van der Waals surface area contributed by atoms with Crippen molar-refractivity contribution in [2.24, 2.45) is 0 Å². The predicted octanol–water partition coefficient (Wildman–Crippen LogP) is 5.60. The van der Waals surface area contributed by atoms with E-state index in [1.165, 1.54) is 23.1 Å². The van der Waals surface area contributed by atoms with Gasteiger partial charge in [0.15, 0.2) is 9.49 Å². The van der Waals surface area contributed by atoms with Crippen molar-refractivity contribution in [3.8, 4) is 0 Å². The van der Waals surface area contributed by atoms with Crippen LogP contribution in [-0.4, -0.2) is 9.43 Å². The number of carbonyl (C=O) groups is 1. The highest BCUT2D eigenvalue weighted by Gasteiger charge is 2.12. The first-order chi connectivity index (χ1) is 8.65. The molecule has 0 saturated heterocycles. The Morgan fingerprint density at radius 3 is 2.61 bits per heavy atom. The van der Waals surface area contributed by atoms with Gasteiger partial charge in [0.05, 0.1) is 0 Å². The Morgan fingerprint density at radius 1 is 1.28 bits per heavy atom. The lowest BCUT2D eigenvalue weighted by atomic mass is 10.2. The first kappa shape index (κ1) is 14.2. The maximum Gasteiger partial charge on any atom is 0.253 e. The third-order valence-electron chi connectivity index (χ3n) is 1.90. The molecule has 2 rings (SSSR count). The normalized spacial score (nSPS) is 10.6. The monoisotopic (exact) mass is 335 g/mol. The summed E-state index contributed by atoms with van der Waals surface area (Å²) >= 11 is 15.0. The first-order valence-corrected chi connectivity index (χ1v) is 8.23. The van der Waals surface area contributed by atoms with Crippen molar-refractivity contribution in [3.05, 3.63) is 45.4 Å². The average molecular weight is 336 g/mol. The van der Waals surface area contributed by atoms with Crippen LogP contribution >= 0.6 is 58.1 Å². The van der Waals surface area contributed by atoms with E-state index in [0.717, 1.165) is 17.3 Å². The number of nitrogens with zero attached hydrogens (tertiary/aromatic N) is 1. The van der Waals surface area contributed by atoms with Crippen molar-refractivity contribution in [2.75, 3.05) is 0 Å². The number of aromatic nitrogens is 1. The van der Waals surface area contributed by atoms with Gasteiger partial charge < -0.3 is 0 Å². The molecule has 0 fully saturated rings. The zero-order chi connectivity index (χ0) is 13.0. The van der Waals surface area contributed by atoms with Crippen LogP contribution < -0.4 is 0 Å². The van der Waals surface area contributed by atoms with Crippen LogP contribution in [0.2, 0.25) is 9.49 Å². The molecule has 1 aromatic heterocycles. The van der Waals surface area contributed by atoms with Crippen molar-refractivity contribution in [2.45, 2.75) is 10.1 Å². The number of hydrogen-bond donors (Lipinski definition) is 0. The molecule has 0 N–H and O–H groups in total. The lowest BCUT2D eigenvalue weighted by Gasteiger charge is -1.98. The fourth-order valence-electron chi connectivity index (χ4n) is 1.13. The smallest absolute Gasteiger partial charge is 0.253 e. The van der Waals surface area contributed by atoms with E-state index in [4.69, 9.17) is 23.2 Å². The molecule has 0 aliphatic heterocycles. The van der Waals surface area contributed by atoms with Gasteiger partial charge in [-0.25, -0.2) is 4.98 Å². The van der Waals surface area contributed by atoms with Gasteiger partial charge >= 0.3 is 0 Å². The number of thiazole rings is 1. The third-order valence-corrected chi connectivity index (χ3v) is 5.68. The van der Waals surface area contributed by atoms with Crippen molar-refractivity contribution < 1.29 is 4.79 Å². The van der Waals surface area contributed by atoms with Crippen molar-refractivity contribution in [1.29, 1.82) is 0 Å². The molecule has 0 radical (unpaired) electrons. The molecule has 0 aliphatic carbocycles. The Kier molecular flexibility index (Phi) is 5.38. The molecule has 0 saturated carbocycles. The molecule has 0 aliphatic rings. The Bertz CT molecular complexity index is 525. The van der Waals surface area contributed by atoms with Crippen molar-refractivity contribution >= 4 is 62.5 Å². The van der Waals surface area contributed by atoms with Crippen LogP contribution in [0.1, 0.15) is 5.56 Å². The standard InChI is InChI=1S/C11H7Cl2NOS3/c12-8-9(13)17-10(14-8)18-11(15)16-6-7-4-2-1-3-5-7/h1-5H,6H2. The summed E-state index contributed by atoms with van der Waals surface area (Å²) in [6.45, 7) is 0. The largest absolute Gasteiger partial charge is 0.274 e. The van der Waals surface area contributed by atoms with Gasteiger partial charge in [-0.3, -0.25) is 4.79 Å². The number of rotatable bonds is 3. The third kappa shape index (κ3) is 4.17. The minimum atomic E-state index is -0.0130. The minimum absolute atomic E-state index is 0.0130. The molecule has 1 aromatic carbocycles. The van der Waals surface area contributed by atoms with Crippen LogP contribution in [0.15, 0.2) is 34.7 Å². The van der Waals surface area contributed by atoms with Gasteiger partial charge in [0.2, 0.25) is 0 Å². The molecular weight excluding hydrogens is 329 g/mol. The maximum absolute atomic E-state index is 11.7. The molecule has 2 nitrogen and oxygen atoms in total. The summed E-state index contributed by atoms with van der Waals surface area (Å²) in [6.07, 6.45) is 0. The molecule has 0 amide bonds. The van der Waals surface area contributed by atoms with E-state index in [0.29, 0.717) is 14.4 Å². The summed E-state index contributed by atoms with van der Waals surface area (Å²) in [7, 11) is 0. The summed E-state index contributed by atoms with van der Waals surface area (Å²) < 4.78 is 0.983. The predicted molar refractivity (Wildman–Crippen MR) is 81.1 cm³/mol. The molecule has 0 bridgehead atoms. The molecule has 0 spiro atoms. The maximum atomic E-state index is 11.7. The van der Waals surface area contributed by atoms with E-state index in [1.54, 1.807) is 0 Å². The second-order valence-electron chi connectivity index (χ2n) is 3.17. The number of hydrogen-bond acceptors (Lipinski definition) is 5. The Balaban J connectivity index is 1.86. The molecule has 0 atom stereocenters. The van der Waals surface area contributed by atoms with E-state index < -0.39 is 0 Å². The number of carbonyl (C=O) groups excluding carboxylic acids is 1. The molecule has 7 heteroatoms. The van der Waals surface area contributed by atoms with Crippen LogP contribution in [0.4, 0.5) is 4.79 Å². The Hall–Kier alpha value is -0.200. The van der Waals surface area contributed by atoms with Gasteiger partial charge in [-0.05, 0) is 17.3 Å². The molecule has 0 unspecified atom stereocenters. The minimum Gasteiger partial charge on any atom is -0.274 e. The number of benzene rings is 1. The molecule has 2 aromatic rings. The van der Waals surface area contributed by atoms with Crippen LogP contribution in [-0.2, 0) is 5.75 Å². The summed E-state index contributed by atoms with van der Waals surface area (Å²) in [5, 5.41) is 0.255. The Morgan fingerprint density at radius 2 is 2.00 bits per heavy atom. The topological polar surface area (TPSA) is 30.0 Å². The number of halogens is 2. The summed E-state index contributed by atoms with van der Waals surface area (Å²) in [5.74, 6) is 0.652. The summed E-state index contributed by atoms with van der Waals surface area (Å²) in [5.41, 5.74) is 1.12. The fourth-order valence-corrected chi connectivity index (χ4v) is 4.45. The summed E-state index contributed by atoms with van der Waals surface area (Å²) in [6, 6.07) is 9.83. The van der Waals surface area contributed by atoms with Crippen LogP contribution in [0.25, 0.3) is 0 Å². The van der Waals surface area contributed by atoms with Crippen molar-refractivity contribution in [1.82, 2.24) is 4.98 Å². The number of thioether (sulfide) groups is 2. The quantitative estimate of drug-likeness (QED) is 0.683. The van der Waals surface area contributed by atoms with E-state index in [2.05, 4.69) is 4.98 Å². The van der Waals surface area contributed by atoms with Gasteiger partial charge in [-0.2, -0.15) is 0 Å². The highest BCUT2D eigenvalue weighted by atomic mass is 35.5. The SMILES string of the molecule is O=C(SCc1ccccc1)Sc1nc(Cl)c(Cl)s1. The van der Waals surface area contributed by atoms with Crippen LogP contribution in [0.3, 0.4) is 0 Å². The van der Waals surface area contributed by atoms with Crippen LogP contribution in [0.5, 0.6) is 0 Å². The molecule has 94 valence electrons. The Labute approximate surface area is 127 Å². The van der Waals surface area contributed by atoms with Crippen LogP contribution in [0, 0.1) is 0 Å². The van der Waals surface area contributed by atoms with E-state index in [1.807, 2.05) is 30.3 Å². The zero-order valence-corrected chi connectivity index (χ0v) is 12.9. The van der Waals surface area contributed by atoms with Crippen molar-refractivity contribution in [3.63, 3.8) is 0 Å². The van der Waals surface area contributed by atoms with Gasteiger partial charge in [0.1, 0.15) is 4.34 Å². The highest BCUT2D eigenvalue weighted by Crippen LogP contribution is 2.36. The van der Waals surface area contributed by atoms with E-state index >= 15 is 0 Å². The van der Waals surface area contributed by atoms with Gasteiger partial charge in [-0.1, -0.05) is 76.6 Å². The lowest BCUT2D eigenvalue weighted by molar-refractivity contribution is 0.276. The van der Waals surface area contributed by atoms with Gasteiger partial charge in [0.25, 0.3) is 4.45 Å².